The molecule has 29 heavy (non-hydrogen) atoms. The lowest BCUT2D eigenvalue weighted by atomic mass is 9.45. The van der Waals surface area contributed by atoms with Crippen LogP contribution in [0.4, 0.5) is 0 Å². The normalized spacial score (nSPS) is 42.9. The smallest absolute Gasteiger partial charge is 0.165 e. The van der Waals surface area contributed by atoms with Crippen LogP contribution in [0.2, 0.25) is 0 Å². The molecule has 0 N–H and O–H groups in total. The van der Waals surface area contributed by atoms with Gasteiger partial charge in [0, 0.05) is 5.41 Å². The van der Waals surface area contributed by atoms with Gasteiger partial charge in [-0.1, -0.05) is 38.8 Å². The van der Waals surface area contributed by atoms with Crippen LogP contribution in [0.3, 0.4) is 0 Å². The van der Waals surface area contributed by atoms with Crippen LogP contribution < -0.4 is 4.74 Å². The number of ketones is 1. The number of allylic oxidation sites excluding steroid dienone is 1. The lowest BCUT2D eigenvalue weighted by molar-refractivity contribution is -0.137. The van der Waals surface area contributed by atoms with E-state index in [0.29, 0.717) is 17.1 Å². The van der Waals surface area contributed by atoms with Gasteiger partial charge in [0.2, 0.25) is 0 Å². The fraction of sp³-hybridized carbons (Fsp3) is 0.667. The highest BCUT2D eigenvalue weighted by Crippen LogP contribution is 2.66. The fourth-order valence-electron chi connectivity index (χ4n) is 8.00. The molecule has 4 unspecified atom stereocenters. The Kier molecular flexibility index (Phi) is 4.68. The number of ether oxygens (including phenoxy) is 1. The maximum Gasteiger partial charge on any atom is 0.165 e. The predicted octanol–water partition coefficient (Wildman–Crippen LogP) is 6.69. The summed E-state index contributed by atoms with van der Waals surface area (Å²) in [6.07, 6.45) is 14.0. The number of carbonyl (C=O) groups excluding carboxylic acids is 1. The minimum atomic E-state index is -0.128. The van der Waals surface area contributed by atoms with E-state index in [4.69, 9.17) is 4.74 Å². The molecule has 1 aromatic rings. The summed E-state index contributed by atoms with van der Waals surface area (Å²) in [4.78, 5) is 13.5. The Labute approximate surface area is 176 Å². The summed E-state index contributed by atoms with van der Waals surface area (Å²) in [5, 5.41) is 0. The molecule has 0 bridgehead atoms. The van der Waals surface area contributed by atoms with Gasteiger partial charge in [-0.05, 0) is 103 Å². The molecule has 4 aliphatic carbocycles. The van der Waals surface area contributed by atoms with Crippen molar-refractivity contribution in [3.05, 3.63) is 35.4 Å². The Morgan fingerprint density at radius 2 is 1.76 bits per heavy atom. The van der Waals surface area contributed by atoms with E-state index in [1.807, 2.05) is 12.1 Å². The number of hydrogen-bond donors (Lipinski definition) is 0. The highest BCUT2D eigenvalue weighted by molar-refractivity contribution is 6.05. The molecule has 5 rings (SSSR count). The zero-order valence-corrected chi connectivity index (χ0v) is 18.4. The van der Waals surface area contributed by atoms with Gasteiger partial charge in [-0.3, -0.25) is 4.79 Å². The highest BCUT2D eigenvalue weighted by Gasteiger charge is 2.60. The van der Waals surface area contributed by atoms with Crippen molar-refractivity contribution < 1.29 is 9.53 Å². The van der Waals surface area contributed by atoms with E-state index in [1.54, 1.807) is 7.11 Å². The molecule has 2 nitrogen and oxygen atoms in total. The number of carbonyl (C=O) groups is 1. The molecule has 2 heteroatoms. The van der Waals surface area contributed by atoms with Gasteiger partial charge in [0.25, 0.3) is 0 Å². The molecule has 156 valence electrons. The second kappa shape index (κ2) is 7.00. The van der Waals surface area contributed by atoms with Gasteiger partial charge in [0.05, 0.1) is 7.11 Å². The molecule has 0 spiro atoms. The van der Waals surface area contributed by atoms with E-state index in [2.05, 4.69) is 32.1 Å². The van der Waals surface area contributed by atoms with E-state index < -0.39 is 0 Å². The maximum absolute atomic E-state index is 13.5. The van der Waals surface area contributed by atoms with Gasteiger partial charge in [0.15, 0.2) is 5.78 Å². The van der Waals surface area contributed by atoms with Crippen LogP contribution >= 0.6 is 0 Å². The summed E-state index contributed by atoms with van der Waals surface area (Å²) < 4.78 is 5.28. The zero-order valence-electron chi connectivity index (χ0n) is 18.4. The first-order valence-electron chi connectivity index (χ1n) is 11.8. The summed E-state index contributed by atoms with van der Waals surface area (Å²) in [5.74, 6) is 4.39. The number of benzene rings is 1. The molecule has 4 aliphatic rings. The van der Waals surface area contributed by atoms with Crippen LogP contribution in [0.15, 0.2) is 29.8 Å². The molecule has 0 radical (unpaired) electrons. The number of hydrogen-bond acceptors (Lipinski definition) is 2. The summed E-state index contributed by atoms with van der Waals surface area (Å²) in [6, 6.07) is 8.12. The maximum atomic E-state index is 13.5. The topological polar surface area (TPSA) is 26.3 Å². The highest BCUT2D eigenvalue weighted by atomic mass is 16.5. The van der Waals surface area contributed by atoms with Crippen LogP contribution in [-0.4, -0.2) is 12.9 Å². The van der Waals surface area contributed by atoms with Crippen molar-refractivity contribution in [1.82, 2.24) is 0 Å². The average Bonchev–Trinajstić information content (AvgIpc) is 2.99. The van der Waals surface area contributed by atoms with E-state index >= 15 is 0 Å². The van der Waals surface area contributed by atoms with Crippen molar-refractivity contribution in [1.29, 1.82) is 0 Å². The summed E-state index contributed by atoms with van der Waals surface area (Å²) in [6.45, 7) is 4.90. The third-order valence-corrected chi connectivity index (χ3v) is 9.68. The molecular formula is C27H36O2. The van der Waals surface area contributed by atoms with Gasteiger partial charge in [-0.25, -0.2) is 0 Å². The third kappa shape index (κ3) is 2.93. The van der Waals surface area contributed by atoms with Gasteiger partial charge >= 0.3 is 0 Å². The second-order valence-corrected chi connectivity index (χ2v) is 10.8. The zero-order chi connectivity index (χ0) is 20.2. The second-order valence-electron chi connectivity index (χ2n) is 10.8. The van der Waals surface area contributed by atoms with E-state index in [-0.39, 0.29) is 5.41 Å². The Morgan fingerprint density at radius 1 is 0.966 bits per heavy atom. The Hall–Kier alpha value is -1.57. The Bertz CT molecular complexity index is 821. The van der Waals surface area contributed by atoms with Crippen molar-refractivity contribution in [3.63, 3.8) is 0 Å². The molecule has 0 heterocycles. The Morgan fingerprint density at radius 3 is 2.52 bits per heavy atom. The molecule has 1 aromatic carbocycles. The van der Waals surface area contributed by atoms with E-state index in [0.717, 1.165) is 47.5 Å². The molecule has 6 atom stereocenters. The quantitative estimate of drug-likeness (QED) is 0.524. The third-order valence-electron chi connectivity index (χ3n) is 9.68. The summed E-state index contributed by atoms with van der Waals surface area (Å²) in [7, 11) is 1.69. The number of rotatable bonds is 2. The van der Waals surface area contributed by atoms with Crippen molar-refractivity contribution >= 4 is 11.9 Å². The summed E-state index contributed by atoms with van der Waals surface area (Å²) >= 11 is 0. The number of fused-ring (bicyclic) bond motifs is 5. The van der Waals surface area contributed by atoms with Crippen molar-refractivity contribution in [3.8, 4) is 5.75 Å². The van der Waals surface area contributed by atoms with Crippen LogP contribution in [0.5, 0.6) is 5.75 Å². The largest absolute Gasteiger partial charge is 0.497 e. The average molecular weight is 393 g/mol. The molecule has 0 aliphatic heterocycles. The number of Topliss-reactive ketones (excluding diaryl/α,β-unsaturated/α-hetero) is 1. The van der Waals surface area contributed by atoms with Gasteiger partial charge in [0.1, 0.15) is 5.75 Å². The molecule has 0 amide bonds. The van der Waals surface area contributed by atoms with E-state index in [9.17, 15) is 4.79 Å². The lowest BCUT2D eigenvalue weighted by Gasteiger charge is -2.59. The minimum absolute atomic E-state index is 0.128. The van der Waals surface area contributed by atoms with Crippen LogP contribution in [0.25, 0.3) is 6.08 Å². The molecule has 0 aromatic heterocycles. The monoisotopic (exact) mass is 392 g/mol. The predicted molar refractivity (Wildman–Crippen MR) is 118 cm³/mol. The van der Waals surface area contributed by atoms with Crippen molar-refractivity contribution in [2.75, 3.05) is 7.11 Å². The standard InChI is InChI=1S/C27H36O2/c1-26-14-5-4-6-20(26)9-12-22-23(26)13-15-27(2)24(22)17-19(25(27)28)16-18-7-10-21(29-3)11-8-18/h7-8,10-11,16,20,22-24H,4-6,9,12-15,17H2,1-3H3/b19-16+/t20?,22?,23?,24?,26-,27-/m0/s1. The number of methoxy groups -OCH3 is 1. The first kappa shape index (κ1) is 19.4. The lowest BCUT2D eigenvalue weighted by Crippen LogP contribution is -2.52. The first-order chi connectivity index (χ1) is 14.0. The first-order valence-corrected chi connectivity index (χ1v) is 11.8. The molecule has 4 fully saturated rings. The van der Waals surface area contributed by atoms with Gasteiger partial charge in [-0.15, -0.1) is 0 Å². The van der Waals surface area contributed by atoms with Gasteiger partial charge < -0.3 is 4.74 Å². The van der Waals surface area contributed by atoms with Crippen LogP contribution in [0.1, 0.15) is 77.2 Å². The minimum Gasteiger partial charge on any atom is -0.497 e. The van der Waals surface area contributed by atoms with Crippen LogP contribution in [0, 0.1) is 34.5 Å². The van der Waals surface area contributed by atoms with Crippen molar-refractivity contribution in [2.45, 2.75) is 71.6 Å². The van der Waals surface area contributed by atoms with Crippen LogP contribution in [-0.2, 0) is 4.79 Å². The van der Waals surface area contributed by atoms with Crippen molar-refractivity contribution in [2.24, 2.45) is 34.5 Å². The summed E-state index contributed by atoms with van der Waals surface area (Å²) in [5.41, 5.74) is 2.60. The molecular weight excluding hydrogens is 356 g/mol. The fourth-order valence-corrected chi connectivity index (χ4v) is 8.00. The SMILES string of the molecule is COc1ccc(/C=C2\CC3C4CCC5CCCC[C@]5(C)C4CC[C@]3(C)C2=O)cc1. The Balaban J connectivity index is 1.43. The van der Waals surface area contributed by atoms with E-state index in [1.165, 1.54) is 44.9 Å². The van der Waals surface area contributed by atoms with Gasteiger partial charge in [-0.2, -0.15) is 0 Å². The molecule has 0 saturated heterocycles. The molecule has 4 saturated carbocycles.